The summed E-state index contributed by atoms with van der Waals surface area (Å²) >= 11 is 7.51. The fraction of sp³-hybridized carbons (Fsp3) is 0.333. The van der Waals surface area contributed by atoms with Crippen molar-refractivity contribution in [2.24, 2.45) is 0 Å². The number of nitrogens with zero attached hydrogens (tertiary/aromatic N) is 4. The molecular formula is C21H22ClN5O3S. The summed E-state index contributed by atoms with van der Waals surface area (Å²) in [5.74, 6) is 1.03. The summed E-state index contributed by atoms with van der Waals surface area (Å²) in [6.45, 7) is 3.11. The number of nitrogens with one attached hydrogen (secondary N) is 1. The van der Waals surface area contributed by atoms with E-state index in [4.69, 9.17) is 21.1 Å². The van der Waals surface area contributed by atoms with Crippen molar-refractivity contribution in [2.75, 3.05) is 24.3 Å². The van der Waals surface area contributed by atoms with Crippen LogP contribution in [0.15, 0.2) is 41.6 Å². The number of halogens is 1. The van der Waals surface area contributed by atoms with E-state index >= 15 is 0 Å². The molecule has 0 fully saturated rings. The number of carbonyl (C=O) groups is 1. The van der Waals surface area contributed by atoms with Crippen molar-refractivity contribution in [2.45, 2.75) is 31.3 Å². The monoisotopic (exact) mass is 459 g/mol. The fourth-order valence-corrected chi connectivity index (χ4v) is 3.98. The molecule has 0 radical (unpaired) electrons. The van der Waals surface area contributed by atoms with Gasteiger partial charge < -0.3 is 14.8 Å². The lowest BCUT2D eigenvalue weighted by Crippen LogP contribution is -2.17. The van der Waals surface area contributed by atoms with Crippen LogP contribution < -0.4 is 14.8 Å². The van der Waals surface area contributed by atoms with Crippen molar-refractivity contribution in [1.29, 1.82) is 0 Å². The van der Waals surface area contributed by atoms with Crippen LogP contribution in [-0.2, 0) is 11.2 Å². The van der Waals surface area contributed by atoms with Crippen molar-refractivity contribution < 1.29 is 14.3 Å². The zero-order valence-corrected chi connectivity index (χ0v) is 18.6. The minimum Gasteiger partial charge on any atom is -0.486 e. The number of hydrogen-bond acceptors (Lipinski definition) is 7. The van der Waals surface area contributed by atoms with Crippen molar-refractivity contribution in [3.05, 3.63) is 47.0 Å². The van der Waals surface area contributed by atoms with Crippen LogP contribution in [0.2, 0.25) is 5.02 Å². The van der Waals surface area contributed by atoms with Crippen LogP contribution in [0.25, 0.3) is 5.69 Å². The van der Waals surface area contributed by atoms with Crippen LogP contribution >= 0.6 is 23.4 Å². The molecule has 1 aliphatic heterocycles. The highest BCUT2D eigenvalue weighted by atomic mass is 35.5. The van der Waals surface area contributed by atoms with Gasteiger partial charge in [-0.25, -0.2) is 0 Å². The molecule has 3 aromatic rings. The van der Waals surface area contributed by atoms with Crippen molar-refractivity contribution in [1.82, 2.24) is 20.2 Å². The highest BCUT2D eigenvalue weighted by Crippen LogP contribution is 2.38. The van der Waals surface area contributed by atoms with E-state index in [-0.39, 0.29) is 11.7 Å². The predicted octanol–water partition coefficient (Wildman–Crippen LogP) is 4.16. The smallest absolute Gasteiger partial charge is 0.234 e. The molecule has 0 bridgehead atoms. The second-order valence-corrected chi connectivity index (χ2v) is 8.31. The normalized spacial score (nSPS) is 12.6. The van der Waals surface area contributed by atoms with E-state index in [1.54, 1.807) is 16.8 Å². The largest absolute Gasteiger partial charge is 0.486 e. The third-order valence-electron chi connectivity index (χ3n) is 4.68. The molecule has 1 aliphatic rings. The number of tetrazole rings is 1. The molecule has 2 aromatic carbocycles. The lowest BCUT2D eigenvalue weighted by molar-refractivity contribution is -0.113. The molecule has 0 atom stereocenters. The zero-order valence-electron chi connectivity index (χ0n) is 17.0. The summed E-state index contributed by atoms with van der Waals surface area (Å²) in [5, 5.41) is 15.6. The number of aryl methyl sites for hydroxylation is 1. The molecule has 0 saturated heterocycles. The van der Waals surface area contributed by atoms with Gasteiger partial charge in [-0.05, 0) is 41.0 Å². The van der Waals surface area contributed by atoms with Crippen molar-refractivity contribution in [3.8, 4) is 17.2 Å². The highest BCUT2D eigenvalue weighted by Gasteiger charge is 2.17. The van der Waals surface area contributed by atoms with E-state index in [0.717, 1.165) is 24.9 Å². The Balaban J connectivity index is 1.38. The van der Waals surface area contributed by atoms with Crippen molar-refractivity contribution >= 4 is 35.0 Å². The predicted molar refractivity (Wildman–Crippen MR) is 120 cm³/mol. The van der Waals surface area contributed by atoms with Crippen LogP contribution in [-0.4, -0.2) is 45.1 Å². The topological polar surface area (TPSA) is 91.2 Å². The van der Waals surface area contributed by atoms with Gasteiger partial charge in [0.2, 0.25) is 11.1 Å². The number of hydrogen-bond donors (Lipinski definition) is 1. The molecule has 10 heteroatoms. The summed E-state index contributed by atoms with van der Waals surface area (Å²) in [6.07, 6.45) is 3.37. The van der Waals surface area contributed by atoms with Gasteiger partial charge in [-0.2, -0.15) is 4.68 Å². The molecule has 1 amide bonds. The molecule has 1 N–H and O–H groups in total. The quantitative estimate of drug-likeness (QED) is 0.505. The Kier molecular flexibility index (Phi) is 6.93. The zero-order chi connectivity index (χ0) is 21.6. The average molecular weight is 460 g/mol. The van der Waals surface area contributed by atoms with Gasteiger partial charge in [0.15, 0.2) is 11.5 Å². The van der Waals surface area contributed by atoms with Gasteiger partial charge in [-0.15, -0.1) is 5.10 Å². The first-order chi connectivity index (χ1) is 15.1. The van der Waals surface area contributed by atoms with Gasteiger partial charge >= 0.3 is 0 Å². The molecule has 0 saturated carbocycles. The number of benzene rings is 2. The maximum absolute atomic E-state index is 12.5. The summed E-state index contributed by atoms with van der Waals surface area (Å²) in [6, 6.07) is 11.4. The van der Waals surface area contributed by atoms with Crippen LogP contribution in [0.4, 0.5) is 5.69 Å². The van der Waals surface area contributed by atoms with E-state index < -0.39 is 0 Å². The lowest BCUT2D eigenvalue weighted by atomic mass is 10.1. The Hall–Kier alpha value is -2.78. The third-order valence-corrected chi connectivity index (χ3v) is 5.91. The number of unbranched alkanes of at least 4 members (excludes halogenated alkanes) is 1. The molecule has 2 heterocycles. The summed E-state index contributed by atoms with van der Waals surface area (Å²) in [7, 11) is 0. The number of amides is 1. The highest BCUT2D eigenvalue weighted by molar-refractivity contribution is 7.99. The van der Waals surface area contributed by atoms with Gasteiger partial charge in [-0.1, -0.05) is 48.8 Å². The van der Waals surface area contributed by atoms with Crippen LogP contribution in [0, 0.1) is 0 Å². The number of anilines is 1. The minimum atomic E-state index is -0.229. The van der Waals surface area contributed by atoms with Gasteiger partial charge in [0.25, 0.3) is 0 Å². The van der Waals surface area contributed by atoms with E-state index in [1.807, 2.05) is 12.1 Å². The Bertz CT molecular complexity index is 1060. The van der Waals surface area contributed by atoms with E-state index in [2.05, 4.69) is 39.9 Å². The molecule has 31 heavy (non-hydrogen) atoms. The standard InChI is InChI=1S/C21H22ClN5O3S/c1-2-3-4-14-5-7-15(8-6-14)27-21(24-25-26-27)31-13-20(28)23-17-12-19-18(11-16(17)22)29-9-10-30-19/h5-8,11-12H,2-4,9-10,13H2,1H3,(H,23,28). The summed E-state index contributed by atoms with van der Waals surface area (Å²) in [5.41, 5.74) is 2.60. The first kappa shape index (κ1) is 21.5. The second-order valence-electron chi connectivity index (χ2n) is 6.96. The first-order valence-electron chi connectivity index (χ1n) is 10.0. The Morgan fingerprint density at radius 2 is 1.94 bits per heavy atom. The Morgan fingerprint density at radius 3 is 2.68 bits per heavy atom. The minimum absolute atomic E-state index is 0.125. The average Bonchev–Trinajstić information content (AvgIpc) is 3.26. The van der Waals surface area contributed by atoms with Crippen molar-refractivity contribution in [3.63, 3.8) is 0 Å². The Morgan fingerprint density at radius 1 is 1.19 bits per heavy atom. The summed E-state index contributed by atoms with van der Waals surface area (Å²) < 4.78 is 12.7. The lowest BCUT2D eigenvalue weighted by Gasteiger charge is -2.20. The maximum Gasteiger partial charge on any atom is 0.234 e. The SMILES string of the molecule is CCCCc1ccc(-n2nnnc2SCC(=O)Nc2cc3c(cc2Cl)OCCO3)cc1. The first-order valence-corrected chi connectivity index (χ1v) is 11.4. The number of carbonyl (C=O) groups excluding carboxylic acids is 1. The maximum atomic E-state index is 12.5. The van der Waals surface area contributed by atoms with Crippen LogP contribution in [0.5, 0.6) is 11.5 Å². The number of thioether (sulfide) groups is 1. The number of fused-ring (bicyclic) bond motifs is 1. The summed E-state index contributed by atoms with van der Waals surface area (Å²) in [4.78, 5) is 12.5. The number of ether oxygens (including phenoxy) is 2. The second kappa shape index (κ2) is 10.0. The third kappa shape index (κ3) is 5.29. The fourth-order valence-electron chi connectivity index (χ4n) is 3.09. The number of aromatic nitrogens is 4. The number of rotatable bonds is 8. The van der Waals surface area contributed by atoms with E-state index in [0.29, 0.717) is 40.6 Å². The molecule has 162 valence electrons. The van der Waals surface area contributed by atoms with E-state index in [1.165, 1.54) is 17.3 Å². The van der Waals surface area contributed by atoms with Gasteiger partial charge in [0.05, 0.1) is 22.2 Å². The Labute approximate surface area is 189 Å². The molecule has 8 nitrogen and oxygen atoms in total. The molecule has 0 spiro atoms. The van der Waals surface area contributed by atoms with Crippen LogP contribution in [0.1, 0.15) is 25.3 Å². The van der Waals surface area contributed by atoms with Gasteiger partial charge in [0, 0.05) is 12.1 Å². The molecular weight excluding hydrogens is 438 g/mol. The molecule has 1 aromatic heterocycles. The van der Waals surface area contributed by atoms with E-state index in [9.17, 15) is 4.79 Å². The molecule has 0 aliphatic carbocycles. The molecule has 4 rings (SSSR count). The van der Waals surface area contributed by atoms with Crippen LogP contribution in [0.3, 0.4) is 0 Å². The molecule has 0 unspecified atom stereocenters. The van der Waals surface area contributed by atoms with Gasteiger partial charge in [0.1, 0.15) is 13.2 Å². The van der Waals surface area contributed by atoms with Gasteiger partial charge in [-0.3, -0.25) is 4.79 Å².